The molecule has 0 aromatic heterocycles. The summed E-state index contributed by atoms with van der Waals surface area (Å²) >= 11 is 0. The number of hydrogen-bond donors (Lipinski definition) is 0. The number of fused-ring (bicyclic) bond motifs is 5. The van der Waals surface area contributed by atoms with Crippen LogP contribution in [0.2, 0.25) is 0 Å². The second-order valence-electron chi connectivity index (χ2n) is 6.23. The average Bonchev–Trinajstić information content (AvgIpc) is 3.22. The number of rotatable bonds is 4. The second-order valence-corrected chi connectivity index (χ2v) is 6.23. The van der Waals surface area contributed by atoms with Crippen molar-refractivity contribution >= 4 is 18.0 Å². The molecule has 2 bridgehead atoms. The minimum Gasteiger partial charge on any atom is -0.494 e. The van der Waals surface area contributed by atoms with Crippen molar-refractivity contribution < 1.29 is 14.3 Å². The second kappa shape index (κ2) is 5.33. The van der Waals surface area contributed by atoms with Crippen molar-refractivity contribution in [3.05, 3.63) is 42.0 Å². The normalized spacial score (nSPS) is 31.4. The van der Waals surface area contributed by atoms with Gasteiger partial charge in [0.05, 0.1) is 24.7 Å². The summed E-state index contributed by atoms with van der Waals surface area (Å²) in [5.74, 6) is 0.512. The third kappa shape index (κ3) is 2.19. The molecule has 1 aromatic carbocycles. The fourth-order valence-corrected chi connectivity index (χ4v) is 3.94. The summed E-state index contributed by atoms with van der Waals surface area (Å²) in [4.78, 5) is 25.0. The number of imide groups is 1. The van der Waals surface area contributed by atoms with E-state index in [4.69, 9.17) is 4.74 Å². The van der Waals surface area contributed by atoms with E-state index in [1.165, 1.54) is 0 Å². The van der Waals surface area contributed by atoms with Crippen molar-refractivity contribution in [1.82, 2.24) is 5.01 Å². The third-order valence-corrected chi connectivity index (χ3v) is 4.96. The van der Waals surface area contributed by atoms with Crippen LogP contribution in [0.4, 0.5) is 0 Å². The molecule has 1 saturated carbocycles. The maximum absolute atomic E-state index is 12.5. The lowest BCUT2D eigenvalue weighted by Crippen LogP contribution is -2.28. The monoisotopic (exact) mass is 310 g/mol. The van der Waals surface area contributed by atoms with E-state index in [1.807, 2.05) is 31.2 Å². The minimum atomic E-state index is -0.199. The smallest absolute Gasteiger partial charge is 0.254 e. The Kier molecular flexibility index (Phi) is 3.29. The van der Waals surface area contributed by atoms with E-state index in [2.05, 4.69) is 17.3 Å². The van der Waals surface area contributed by atoms with Gasteiger partial charge in [0, 0.05) is 0 Å². The van der Waals surface area contributed by atoms with Gasteiger partial charge in [-0.15, -0.1) is 0 Å². The maximum atomic E-state index is 12.5. The molecule has 118 valence electrons. The summed E-state index contributed by atoms with van der Waals surface area (Å²) in [5, 5.41) is 5.22. The van der Waals surface area contributed by atoms with Gasteiger partial charge >= 0.3 is 0 Å². The summed E-state index contributed by atoms with van der Waals surface area (Å²) in [6, 6.07) is 7.39. The first kappa shape index (κ1) is 14.2. The van der Waals surface area contributed by atoms with E-state index < -0.39 is 0 Å². The average molecular weight is 310 g/mol. The minimum absolute atomic E-state index is 0.154. The molecule has 1 aliphatic heterocycles. The summed E-state index contributed by atoms with van der Waals surface area (Å²) in [5.41, 5.74) is 0.826. The highest BCUT2D eigenvalue weighted by molar-refractivity contribution is 6.06. The van der Waals surface area contributed by atoms with Gasteiger partial charge in [0.15, 0.2) is 0 Å². The summed E-state index contributed by atoms with van der Waals surface area (Å²) < 4.78 is 5.38. The van der Waals surface area contributed by atoms with Gasteiger partial charge in [0.1, 0.15) is 5.75 Å². The van der Waals surface area contributed by atoms with Gasteiger partial charge in [-0.05, 0) is 55.0 Å². The fraction of sp³-hybridized carbons (Fsp3) is 0.389. The first-order valence-electron chi connectivity index (χ1n) is 8.02. The van der Waals surface area contributed by atoms with Gasteiger partial charge in [-0.2, -0.15) is 10.1 Å². The van der Waals surface area contributed by atoms with Gasteiger partial charge in [-0.3, -0.25) is 9.59 Å². The van der Waals surface area contributed by atoms with Crippen LogP contribution < -0.4 is 4.74 Å². The Morgan fingerprint density at radius 2 is 1.74 bits per heavy atom. The molecule has 3 aliphatic rings. The SMILES string of the molecule is CCOc1ccc(C=NN2C(=O)C3C4C=CC(C4)C3C2=O)cc1. The van der Waals surface area contributed by atoms with Gasteiger partial charge in [0.25, 0.3) is 11.8 Å². The summed E-state index contributed by atoms with van der Waals surface area (Å²) in [7, 11) is 0. The largest absolute Gasteiger partial charge is 0.494 e. The van der Waals surface area contributed by atoms with E-state index >= 15 is 0 Å². The Labute approximate surface area is 134 Å². The Morgan fingerprint density at radius 1 is 1.13 bits per heavy atom. The number of nitrogens with zero attached hydrogens (tertiary/aromatic N) is 2. The molecule has 0 N–H and O–H groups in total. The lowest BCUT2D eigenvalue weighted by Gasteiger charge is -2.13. The number of allylic oxidation sites excluding steroid dienone is 2. The Morgan fingerprint density at radius 3 is 2.30 bits per heavy atom. The zero-order valence-electron chi connectivity index (χ0n) is 12.9. The Bertz CT molecular complexity index is 677. The van der Waals surface area contributed by atoms with Crippen molar-refractivity contribution in [3.8, 4) is 5.75 Å². The number of benzene rings is 1. The Balaban J connectivity index is 1.51. The van der Waals surface area contributed by atoms with Crippen molar-refractivity contribution in [3.63, 3.8) is 0 Å². The zero-order valence-corrected chi connectivity index (χ0v) is 12.9. The Hall–Kier alpha value is -2.43. The van der Waals surface area contributed by atoms with Gasteiger partial charge in [-0.1, -0.05) is 12.2 Å². The van der Waals surface area contributed by atoms with E-state index in [0.29, 0.717) is 6.61 Å². The molecule has 0 radical (unpaired) electrons. The van der Waals surface area contributed by atoms with Crippen LogP contribution >= 0.6 is 0 Å². The van der Waals surface area contributed by atoms with Crippen molar-refractivity contribution in [1.29, 1.82) is 0 Å². The molecule has 2 amide bonds. The number of carbonyl (C=O) groups is 2. The molecule has 0 spiro atoms. The zero-order chi connectivity index (χ0) is 16.0. The van der Waals surface area contributed by atoms with Gasteiger partial charge in [0.2, 0.25) is 0 Å². The van der Waals surface area contributed by atoms with Crippen molar-refractivity contribution in [2.75, 3.05) is 6.61 Å². The van der Waals surface area contributed by atoms with Crippen LogP contribution in [0.3, 0.4) is 0 Å². The van der Waals surface area contributed by atoms with Crippen molar-refractivity contribution in [2.24, 2.45) is 28.8 Å². The highest BCUT2D eigenvalue weighted by atomic mass is 16.5. The van der Waals surface area contributed by atoms with Crippen molar-refractivity contribution in [2.45, 2.75) is 13.3 Å². The fourth-order valence-electron chi connectivity index (χ4n) is 3.94. The molecule has 4 atom stereocenters. The number of hydrogen-bond acceptors (Lipinski definition) is 4. The predicted octanol–water partition coefficient (Wildman–Crippen LogP) is 2.23. The summed E-state index contributed by atoms with van der Waals surface area (Å²) in [6.45, 7) is 2.54. The van der Waals surface area contributed by atoms with Gasteiger partial charge < -0.3 is 4.74 Å². The van der Waals surface area contributed by atoms with Crippen LogP contribution in [-0.2, 0) is 9.59 Å². The first-order chi connectivity index (χ1) is 11.2. The molecule has 5 nitrogen and oxygen atoms in total. The molecule has 5 heteroatoms. The predicted molar refractivity (Wildman–Crippen MR) is 84.8 cm³/mol. The standard InChI is InChI=1S/C18H18N2O3/c1-2-23-14-7-3-11(4-8-14)10-19-20-17(21)15-12-5-6-13(9-12)16(15)18(20)22/h3-8,10,12-13,15-16H,2,9H2,1H3. The molecule has 2 fully saturated rings. The highest BCUT2D eigenvalue weighted by Crippen LogP contribution is 2.52. The molecule has 1 aromatic rings. The summed E-state index contributed by atoms with van der Waals surface area (Å²) in [6.07, 6.45) is 6.65. The number of hydrazone groups is 1. The molecule has 1 saturated heterocycles. The van der Waals surface area contributed by atoms with Crippen LogP contribution in [0.1, 0.15) is 18.9 Å². The van der Waals surface area contributed by atoms with Crippen LogP contribution in [-0.4, -0.2) is 29.6 Å². The highest BCUT2D eigenvalue weighted by Gasteiger charge is 2.59. The lowest BCUT2D eigenvalue weighted by molar-refractivity contribution is -0.140. The first-order valence-corrected chi connectivity index (χ1v) is 8.02. The number of amides is 2. The van der Waals surface area contributed by atoms with E-state index in [-0.39, 0.29) is 35.5 Å². The van der Waals surface area contributed by atoms with E-state index in [0.717, 1.165) is 22.7 Å². The molecule has 4 rings (SSSR count). The third-order valence-electron chi connectivity index (χ3n) is 4.96. The molecule has 2 aliphatic carbocycles. The molecular weight excluding hydrogens is 292 g/mol. The van der Waals surface area contributed by atoms with Crippen LogP contribution in [0, 0.1) is 23.7 Å². The molecule has 4 unspecified atom stereocenters. The van der Waals surface area contributed by atoms with Crippen LogP contribution in [0.25, 0.3) is 0 Å². The van der Waals surface area contributed by atoms with Gasteiger partial charge in [-0.25, -0.2) is 0 Å². The maximum Gasteiger partial charge on any atom is 0.254 e. The van der Waals surface area contributed by atoms with E-state index in [1.54, 1.807) is 6.21 Å². The van der Waals surface area contributed by atoms with Crippen LogP contribution in [0.15, 0.2) is 41.5 Å². The number of ether oxygens (including phenoxy) is 1. The number of carbonyl (C=O) groups excluding carboxylic acids is 2. The van der Waals surface area contributed by atoms with E-state index in [9.17, 15) is 9.59 Å². The quantitative estimate of drug-likeness (QED) is 0.487. The molecule has 23 heavy (non-hydrogen) atoms. The molecule has 1 heterocycles. The molecular formula is C18H18N2O3. The lowest BCUT2D eigenvalue weighted by atomic mass is 9.85. The topological polar surface area (TPSA) is 59.0 Å². The van der Waals surface area contributed by atoms with Crippen LogP contribution in [0.5, 0.6) is 5.75 Å².